The van der Waals surface area contributed by atoms with Gasteiger partial charge in [-0.25, -0.2) is 0 Å². The van der Waals surface area contributed by atoms with Crippen molar-refractivity contribution >= 4 is 56.8 Å². The second-order valence-corrected chi connectivity index (χ2v) is 11.0. The molecule has 2 heterocycles. The Labute approximate surface area is 235 Å². The van der Waals surface area contributed by atoms with E-state index >= 15 is 0 Å². The van der Waals surface area contributed by atoms with E-state index in [2.05, 4.69) is 95.9 Å². The van der Waals surface area contributed by atoms with Crippen molar-refractivity contribution < 1.29 is 9.59 Å². The highest BCUT2D eigenvalue weighted by Gasteiger charge is 2.34. The molecule has 1 aliphatic carbocycles. The largest absolute Gasteiger partial charge is 0.309 e. The molecule has 188 valence electrons. The van der Waals surface area contributed by atoms with Gasteiger partial charge in [0.2, 0.25) is 5.78 Å². The normalized spacial score (nSPS) is 14.6. The fourth-order valence-electron chi connectivity index (χ4n) is 6.02. The lowest BCUT2D eigenvalue weighted by atomic mass is 9.87. The number of Topliss-reactive ketones (excluding diaryl/α,β-unsaturated/α-hetero) is 2. The molecule has 40 heavy (non-hydrogen) atoms. The zero-order valence-electron chi connectivity index (χ0n) is 21.3. The minimum Gasteiger partial charge on any atom is -0.309 e. The molecule has 8 rings (SSSR count). The first-order valence-electron chi connectivity index (χ1n) is 13.2. The van der Waals surface area contributed by atoms with Crippen LogP contribution in [-0.4, -0.2) is 11.6 Å². The molecule has 0 unspecified atom stereocenters. The Morgan fingerprint density at radius 3 is 2.17 bits per heavy atom. The van der Waals surface area contributed by atoms with Crippen molar-refractivity contribution in [3.63, 3.8) is 0 Å². The van der Waals surface area contributed by atoms with E-state index < -0.39 is 0 Å². The summed E-state index contributed by atoms with van der Waals surface area (Å²) in [5.74, 6) is -0.358. The maximum absolute atomic E-state index is 12.7. The van der Waals surface area contributed by atoms with Crippen LogP contribution in [0.1, 0.15) is 25.6 Å². The number of benzene rings is 5. The Bertz CT molecular complexity index is 2000. The van der Waals surface area contributed by atoms with Crippen LogP contribution < -0.4 is 4.90 Å². The SMILES string of the molecule is O=C1/C(=C\c2ccc(-c3ccc4c5c(cccc35)-c3ccccc3N4c3ccccc3)cc2)C(=O)c2sccc21. The van der Waals surface area contributed by atoms with Crippen LogP contribution in [0.25, 0.3) is 39.1 Å². The van der Waals surface area contributed by atoms with Crippen molar-refractivity contribution in [3.8, 4) is 22.3 Å². The number of fused-ring (bicyclic) bond motifs is 3. The van der Waals surface area contributed by atoms with E-state index in [-0.39, 0.29) is 17.1 Å². The third-order valence-electron chi connectivity index (χ3n) is 7.85. The van der Waals surface area contributed by atoms with Crippen molar-refractivity contribution in [1.29, 1.82) is 0 Å². The van der Waals surface area contributed by atoms with Gasteiger partial charge < -0.3 is 4.90 Å². The molecule has 0 bridgehead atoms. The molecule has 0 spiro atoms. The third kappa shape index (κ3) is 3.30. The minimum atomic E-state index is -0.183. The van der Waals surface area contributed by atoms with Gasteiger partial charge in [0, 0.05) is 22.2 Å². The highest BCUT2D eigenvalue weighted by atomic mass is 32.1. The lowest BCUT2D eigenvalue weighted by Gasteiger charge is -2.34. The van der Waals surface area contributed by atoms with Gasteiger partial charge in [0.15, 0.2) is 5.78 Å². The van der Waals surface area contributed by atoms with Crippen LogP contribution in [0.3, 0.4) is 0 Å². The number of carbonyl (C=O) groups excluding carboxylic acids is 2. The lowest BCUT2D eigenvalue weighted by molar-refractivity contribution is 0.0991. The van der Waals surface area contributed by atoms with Crippen molar-refractivity contribution in [2.24, 2.45) is 0 Å². The van der Waals surface area contributed by atoms with E-state index in [0.29, 0.717) is 10.4 Å². The molecule has 5 aromatic carbocycles. The molecule has 0 saturated heterocycles. The summed E-state index contributed by atoms with van der Waals surface area (Å²) in [6.45, 7) is 0. The smallest absolute Gasteiger partial charge is 0.207 e. The topological polar surface area (TPSA) is 37.4 Å². The summed E-state index contributed by atoms with van der Waals surface area (Å²) >= 11 is 1.33. The predicted molar refractivity (Wildman–Crippen MR) is 164 cm³/mol. The molecule has 0 radical (unpaired) electrons. The van der Waals surface area contributed by atoms with Gasteiger partial charge in [-0.3, -0.25) is 9.59 Å². The van der Waals surface area contributed by atoms with Crippen molar-refractivity contribution in [2.75, 3.05) is 4.90 Å². The molecule has 0 amide bonds. The summed E-state index contributed by atoms with van der Waals surface area (Å²) in [7, 11) is 0. The van der Waals surface area contributed by atoms with Gasteiger partial charge in [-0.1, -0.05) is 84.9 Å². The Balaban J connectivity index is 1.25. The zero-order chi connectivity index (χ0) is 26.8. The summed E-state index contributed by atoms with van der Waals surface area (Å²) in [6.07, 6.45) is 1.72. The predicted octanol–water partition coefficient (Wildman–Crippen LogP) is 9.48. The van der Waals surface area contributed by atoms with Gasteiger partial charge in [0.25, 0.3) is 0 Å². The minimum absolute atomic E-state index is 0.175. The average molecular weight is 532 g/mol. The number of hydrogen-bond donors (Lipinski definition) is 0. The molecule has 2 aliphatic rings. The van der Waals surface area contributed by atoms with Gasteiger partial charge in [-0.2, -0.15) is 0 Å². The molecule has 0 fully saturated rings. The number of para-hydroxylation sites is 2. The van der Waals surface area contributed by atoms with Crippen molar-refractivity contribution in [1.82, 2.24) is 0 Å². The first-order chi connectivity index (χ1) is 19.7. The number of thiophene rings is 1. The zero-order valence-corrected chi connectivity index (χ0v) is 22.1. The second-order valence-electron chi connectivity index (χ2n) is 10.1. The first kappa shape index (κ1) is 22.9. The first-order valence-corrected chi connectivity index (χ1v) is 14.1. The fourth-order valence-corrected chi connectivity index (χ4v) is 6.87. The molecule has 1 aliphatic heterocycles. The van der Waals surface area contributed by atoms with Gasteiger partial charge in [-0.05, 0) is 69.4 Å². The quantitative estimate of drug-likeness (QED) is 0.168. The number of carbonyl (C=O) groups is 2. The number of anilines is 3. The van der Waals surface area contributed by atoms with Crippen molar-refractivity contribution in [2.45, 2.75) is 0 Å². The standard InChI is InChI=1S/C36H21NO2S/c38-34-29-19-20-40-36(29)35(39)30(34)21-22-13-15-23(16-14-22)25-17-18-32-33-27(25)10-6-11-28(33)26-9-4-5-12-31(26)37(32)24-7-2-1-3-8-24/h1-21H/b30-21+. The Morgan fingerprint density at radius 2 is 1.35 bits per heavy atom. The third-order valence-corrected chi connectivity index (χ3v) is 8.76. The van der Waals surface area contributed by atoms with Gasteiger partial charge in [-0.15, -0.1) is 11.3 Å². The van der Waals surface area contributed by atoms with Crippen LogP contribution in [0, 0.1) is 0 Å². The van der Waals surface area contributed by atoms with Crippen LogP contribution in [0.5, 0.6) is 0 Å². The molecular weight excluding hydrogens is 510 g/mol. The Morgan fingerprint density at radius 1 is 0.575 bits per heavy atom. The van der Waals surface area contributed by atoms with Crippen molar-refractivity contribution in [3.05, 3.63) is 142 Å². The molecule has 0 atom stereocenters. The van der Waals surface area contributed by atoms with E-state index in [0.717, 1.165) is 28.1 Å². The average Bonchev–Trinajstić information content (AvgIpc) is 3.58. The van der Waals surface area contributed by atoms with Gasteiger partial charge in [0.05, 0.1) is 21.8 Å². The maximum Gasteiger partial charge on any atom is 0.207 e. The Kier molecular flexibility index (Phi) is 5.00. The molecule has 0 saturated carbocycles. The number of rotatable bonds is 3. The van der Waals surface area contributed by atoms with Gasteiger partial charge >= 0.3 is 0 Å². The van der Waals surface area contributed by atoms with Crippen LogP contribution in [0.2, 0.25) is 0 Å². The maximum atomic E-state index is 12.7. The summed E-state index contributed by atoms with van der Waals surface area (Å²) in [5.41, 5.74) is 9.72. The second kappa shape index (κ2) is 8.73. The van der Waals surface area contributed by atoms with Crippen LogP contribution in [-0.2, 0) is 0 Å². The summed E-state index contributed by atoms with van der Waals surface area (Å²) in [6, 6.07) is 39.9. The van der Waals surface area contributed by atoms with E-state index in [4.69, 9.17) is 0 Å². The van der Waals surface area contributed by atoms with E-state index in [1.165, 1.54) is 38.9 Å². The molecule has 3 nitrogen and oxygen atoms in total. The summed E-state index contributed by atoms with van der Waals surface area (Å²) in [4.78, 5) is 28.4. The number of nitrogens with zero attached hydrogens (tertiary/aromatic N) is 1. The molecule has 6 aromatic rings. The van der Waals surface area contributed by atoms with Crippen LogP contribution in [0.15, 0.2) is 126 Å². The van der Waals surface area contributed by atoms with E-state index in [1.807, 2.05) is 18.2 Å². The van der Waals surface area contributed by atoms with E-state index in [1.54, 1.807) is 17.5 Å². The highest BCUT2D eigenvalue weighted by molar-refractivity contribution is 7.13. The number of allylic oxidation sites excluding steroid dienone is 1. The van der Waals surface area contributed by atoms with Gasteiger partial charge in [0.1, 0.15) is 0 Å². The van der Waals surface area contributed by atoms with Crippen LogP contribution >= 0.6 is 11.3 Å². The number of ketones is 2. The monoisotopic (exact) mass is 531 g/mol. The molecule has 0 N–H and O–H groups in total. The lowest BCUT2D eigenvalue weighted by Crippen LogP contribution is -2.15. The molecular formula is C36H21NO2S. The molecule has 1 aromatic heterocycles. The highest BCUT2D eigenvalue weighted by Crippen LogP contribution is 2.52. The fraction of sp³-hybridized carbons (Fsp3) is 0. The Hall–Kier alpha value is -5.06. The number of hydrogen-bond acceptors (Lipinski definition) is 4. The van der Waals surface area contributed by atoms with Crippen LogP contribution in [0.4, 0.5) is 17.1 Å². The summed E-state index contributed by atoms with van der Waals surface area (Å²) in [5, 5.41) is 4.20. The summed E-state index contributed by atoms with van der Waals surface area (Å²) < 4.78 is 0. The van der Waals surface area contributed by atoms with E-state index in [9.17, 15) is 9.59 Å². The molecule has 4 heteroatoms.